The Labute approximate surface area is 87.8 Å². The monoisotopic (exact) mass is 204 g/mol. The predicted octanol–water partition coefficient (Wildman–Crippen LogP) is 2.14. The molecule has 2 unspecified atom stereocenters. The van der Waals surface area contributed by atoms with Gasteiger partial charge >= 0.3 is 6.09 Å². The van der Waals surface area contributed by atoms with E-state index in [9.17, 15) is 4.79 Å². The van der Waals surface area contributed by atoms with Crippen LogP contribution >= 0.6 is 0 Å². The lowest BCUT2D eigenvalue weighted by Gasteiger charge is -2.19. The van der Waals surface area contributed by atoms with E-state index in [4.69, 9.17) is 5.11 Å². The van der Waals surface area contributed by atoms with Crippen molar-refractivity contribution in [3.05, 3.63) is 35.9 Å². The van der Waals surface area contributed by atoms with Gasteiger partial charge in [-0.3, -0.25) is 0 Å². The van der Waals surface area contributed by atoms with E-state index in [2.05, 4.69) is 5.10 Å². The van der Waals surface area contributed by atoms with Gasteiger partial charge in [-0.25, -0.2) is 4.79 Å². The van der Waals surface area contributed by atoms with Gasteiger partial charge in [0.15, 0.2) is 0 Å². The smallest absolute Gasteiger partial charge is 0.428 e. The second kappa shape index (κ2) is 3.73. The summed E-state index contributed by atoms with van der Waals surface area (Å²) < 4.78 is 0. The first kappa shape index (κ1) is 9.71. The summed E-state index contributed by atoms with van der Waals surface area (Å²) >= 11 is 0. The number of amides is 1. The summed E-state index contributed by atoms with van der Waals surface area (Å²) in [5, 5.41) is 13.8. The number of rotatable bonds is 1. The van der Waals surface area contributed by atoms with Crippen LogP contribution in [0.5, 0.6) is 0 Å². The number of benzene rings is 1. The van der Waals surface area contributed by atoms with E-state index >= 15 is 0 Å². The highest BCUT2D eigenvalue weighted by Gasteiger charge is 2.31. The van der Waals surface area contributed by atoms with Gasteiger partial charge in [-0.2, -0.15) is 10.1 Å². The fourth-order valence-electron chi connectivity index (χ4n) is 1.79. The Kier molecular flexibility index (Phi) is 2.41. The van der Waals surface area contributed by atoms with Gasteiger partial charge in [-0.05, 0) is 12.5 Å². The van der Waals surface area contributed by atoms with Crippen LogP contribution in [-0.4, -0.2) is 28.5 Å². The van der Waals surface area contributed by atoms with Gasteiger partial charge in [-0.15, -0.1) is 0 Å². The number of hydrogen-bond acceptors (Lipinski definition) is 2. The molecule has 1 amide bonds. The number of nitrogens with zero attached hydrogens (tertiary/aromatic N) is 2. The molecule has 1 aromatic carbocycles. The SMILES string of the molecule is CC1C(c2ccccc2)C=NN1C(=O)O. The molecule has 1 aliphatic rings. The van der Waals surface area contributed by atoms with E-state index in [1.54, 1.807) is 6.21 Å². The maximum atomic E-state index is 10.8. The molecule has 0 bridgehead atoms. The van der Waals surface area contributed by atoms with E-state index < -0.39 is 6.09 Å². The van der Waals surface area contributed by atoms with Crippen molar-refractivity contribution >= 4 is 12.3 Å². The minimum Gasteiger partial charge on any atom is -0.464 e. The quantitative estimate of drug-likeness (QED) is 0.761. The zero-order valence-corrected chi connectivity index (χ0v) is 8.37. The van der Waals surface area contributed by atoms with Crippen LogP contribution in [0.1, 0.15) is 18.4 Å². The van der Waals surface area contributed by atoms with Crippen molar-refractivity contribution in [1.29, 1.82) is 0 Å². The number of hydrazone groups is 1. The first-order valence-electron chi connectivity index (χ1n) is 4.81. The van der Waals surface area contributed by atoms with Crippen LogP contribution in [-0.2, 0) is 0 Å². The number of hydrogen-bond donors (Lipinski definition) is 1. The first-order chi connectivity index (χ1) is 7.20. The lowest BCUT2D eigenvalue weighted by Crippen LogP contribution is -2.32. The molecule has 0 radical (unpaired) electrons. The first-order valence-corrected chi connectivity index (χ1v) is 4.81. The third kappa shape index (κ3) is 1.70. The highest BCUT2D eigenvalue weighted by molar-refractivity contribution is 5.76. The average molecular weight is 204 g/mol. The molecule has 4 heteroatoms. The Hall–Kier alpha value is -1.84. The second-order valence-electron chi connectivity index (χ2n) is 3.57. The van der Waals surface area contributed by atoms with Crippen LogP contribution in [0, 0.1) is 0 Å². The lowest BCUT2D eigenvalue weighted by atomic mass is 9.94. The molecule has 1 aliphatic heterocycles. The van der Waals surface area contributed by atoms with E-state index in [1.165, 1.54) is 0 Å². The Bertz CT molecular complexity index is 389. The lowest BCUT2D eigenvalue weighted by molar-refractivity contribution is 0.135. The summed E-state index contributed by atoms with van der Waals surface area (Å²) in [6.07, 6.45) is 0.686. The molecule has 0 aromatic heterocycles. The van der Waals surface area contributed by atoms with Crippen LogP contribution in [0.15, 0.2) is 35.4 Å². The average Bonchev–Trinajstić information content (AvgIpc) is 2.61. The topological polar surface area (TPSA) is 52.9 Å². The van der Waals surface area contributed by atoms with Crippen molar-refractivity contribution in [3.63, 3.8) is 0 Å². The minimum absolute atomic E-state index is 0.0577. The van der Waals surface area contributed by atoms with Crippen molar-refractivity contribution in [2.75, 3.05) is 0 Å². The Morgan fingerprint density at radius 1 is 1.40 bits per heavy atom. The molecule has 0 spiro atoms. The molecule has 2 atom stereocenters. The predicted molar refractivity (Wildman–Crippen MR) is 57.0 cm³/mol. The van der Waals surface area contributed by atoms with Crippen molar-refractivity contribution in [2.24, 2.45) is 5.10 Å². The van der Waals surface area contributed by atoms with Crippen molar-refractivity contribution in [3.8, 4) is 0 Å². The third-order valence-electron chi connectivity index (χ3n) is 2.64. The molecule has 0 saturated carbocycles. The van der Waals surface area contributed by atoms with E-state index in [0.717, 1.165) is 10.6 Å². The van der Waals surface area contributed by atoms with Crippen LogP contribution in [0.4, 0.5) is 4.79 Å². The van der Waals surface area contributed by atoms with Gasteiger partial charge in [0.2, 0.25) is 0 Å². The van der Waals surface area contributed by atoms with Crippen molar-refractivity contribution < 1.29 is 9.90 Å². The fraction of sp³-hybridized carbons (Fsp3) is 0.273. The van der Waals surface area contributed by atoms with E-state index in [-0.39, 0.29) is 12.0 Å². The molecular formula is C11H12N2O2. The zero-order chi connectivity index (χ0) is 10.8. The summed E-state index contributed by atoms with van der Waals surface area (Å²) in [4.78, 5) is 10.8. The maximum Gasteiger partial charge on any atom is 0.428 e. The molecule has 0 fully saturated rings. The molecule has 4 nitrogen and oxygen atoms in total. The molecule has 78 valence electrons. The minimum atomic E-state index is -1.00. The van der Waals surface area contributed by atoms with Crippen LogP contribution in [0.3, 0.4) is 0 Å². The molecule has 1 aromatic rings. The van der Waals surface area contributed by atoms with Crippen LogP contribution < -0.4 is 0 Å². The second-order valence-corrected chi connectivity index (χ2v) is 3.57. The van der Waals surface area contributed by atoms with Crippen LogP contribution in [0.2, 0.25) is 0 Å². The van der Waals surface area contributed by atoms with Crippen LogP contribution in [0.25, 0.3) is 0 Å². The number of carbonyl (C=O) groups is 1. The van der Waals surface area contributed by atoms with Crippen molar-refractivity contribution in [2.45, 2.75) is 18.9 Å². The standard InChI is InChI=1S/C11H12N2O2/c1-8-10(7-12-13(8)11(14)15)9-5-3-2-4-6-9/h2-8,10H,1H3,(H,14,15). The van der Waals surface area contributed by atoms with Gasteiger partial charge in [0.1, 0.15) is 0 Å². The fourth-order valence-corrected chi connectivity index (χ4v) is 1.79. The van der Waals surface area contributed by atoms with E-state index in [1.807, 2.05) is 37.3 Å². The largest absolute Gasteiger partial charge is 0.464 e. The maximum absolute atomic E-state index is 10.8. The van der Waals surface area contributed by atoms with Crippen molar-refractivity contribution in [1.82, 2.24) is 5.01 Å². The molecule has 0 aliphatic carbocycles. The molecule has 15 heavy (non-hydrogen) atoms. The summed E-state index contributed by atoms with van der Waals surface area (Å²) in [7, 11) is 0. The van der Waals surface area contributed by atoms with E-state index in [0.29, 0.717) is 0 Å². The highest BCUT2D eigenvalue weighted by atomic mass is 16.4. The molecule has 1 N–H and O–H groups in total. The summed E-state index contributed by atoms with van der Waals surface area (Å²) in [6.45, 7) is 1.86. The summed E-state index contributed by atoms with van der Waals surface area (Å²) in [5.74, 6) is 0.0577. The molecule has 1 heterocycles. The molecule has 0 saturated heterocycles. The Morgan fingerprint density at radius 3 is 2.60 bits per heavy atom. The normalized spacial score (nSPS) is 24.5. The molecule has 2 rings (SSSR count). The zero-order valence-electron chi connectivity index (χ0n) is 8.37. The summed E-state index contributed by atoms with van der Waals surface area (Å²) in [6, 6.07) is 9.66. The van der Waals surface area contributed by atoms with Gasteiger partial charge in [0.25, 0.3) is 0 Å². The Balaban J connectivity index is 2.22. The Morgan fingerprint density at radius 2 is 2.07 bits per heavy atom. The van der Waals surface area contributed by atoms with Gasteiger partial charge in [0.05, 0.1) is 6.04 Å². The summed E-state index contributed by atoms with van der Waals surface area (Å²) in [5.41, 5.74) is 1.09. The third-order valence-corrected chi connectivity index (χ3v) is 2.64. The van der Waals surface area contributed by atoms with Gasteiger partial charge in [0, 0.05) is 12.1 Å². The van der Waals surface area contributed by atoms with Gasteiger partial charge in [-0.1, -0.05) is 30.3 Å². The van der Waals surface area contributed by atoms with Gasteiger partial charge < -0.3 is 5.11 Å². The number of carboxylic acid groups (broad SMARTS) is 1. The highest BCUT2D eigenvalue weighted by Crippen LogP contribution is 2.26. The molecular weight excluding hydrogens is 192 g/mol.